The lowest BCUT2D eigenvalue weighted by Gasteiger charge is -2.20. The van der Waals surface area contributed by atoms with E-state index >= 15 is 0 Å². The predicted molar refractivity (Wildman–Crippen MR) is 134 cm³/mol. The highest BCUT2D eigenvalue weighted by molar-refractivity contribution is 6.29. The minimum absolute atomic E-state index is 0.0926. The van der Waals surface area contributed by atoms with Crippen LogP contribution in [0.25, 0.3) is 11.0 Å². The number of carboxylic acids is 1. The summed E-state index contributed by atoms with van der Waals surface area (Å²) >= 11 is 5.89. The van der Waals surface area contributed by atoms with Crippen LogP contribution in [-0.4, -0.2) is 31.0 Å². The van der Waals surface area contributed by atoms with Gasteiger partial charge in [-0.2, -0.15) is 5.26 Å². The van der Waals surface area contributed by atoms with Gasteiger partial charge in [0.15, 0.2) is 17.2 Å². The molecule has 0 amide bonds. The molecule has 1 unspecified atom stereocenters. The number of aromatic nitrogens is 4. The van der Waals surface area contributed by atoms with Crippen molar-refractivity contribution in [2.75, 3.05) is 10.6 Å². The fourth-order valence-corrected chi connectivity index (χ4v) is 3.93. The number of nitriles is 1. The predicted octanol–water partition coefficient (Wildman–Crippen LogP) is 5.30. The molecule has 0 spiro atoms. The topological polar surface area (TPSA) is 137 Å². The summed E-state index contributed by atoms with van der Waals surface area (Å²) in [6, 6.07) is 12.3. The number of aryl methyl sites for hydroxylation is 1. The number of aromatic carboxylic acids is 1. The first-order valence-electron chi connectivity index (χ1n) is 10.8. The second-order valence-corrected chi connectivity index (χ2v) is 8.50. The van der Waals surface area contributed by atoms with Crippen molar-refractivity contribution in [3.05, 3.63) is 82.0 Å². The molecular formula is C25H22ClN7O2. The summed E-state index contributed by atoms with van der Waals surface area (Å²) in [5.74, 6) is -0.835. The van der Waals surface area contributed by atoms with Crippen LogP contribution in [0.5, 0.6) is 0 Å². The standard InChI is InChI=1S/C25H22ClN7O2/c1-13-9-17(15(3)29-18-6-7-21(26)32-23(18)25(34)35)22-19(10-13)31-20(11-27)24(33-22)30-14(2)16-5-4-8-28-12-16/h4-10,12,14-15,29H,1-3H3,(H,30,33)(H,34,35)/t14?,15-/m1/s1. The third-order valence-corrected chi connectivity index (χ3v) is 5.70. The van der Waals surface area contributed by atoms with Gasteiger partial charge in [0.2, 0.25) is 0 Å². The maximum absolute atomic E-state index is 11.7. The molecule has 0 aliphatic heterocycles. The summed E-state index contributed by atoms with van der Waals surface area (Å²) in [6.07, 6.45) is 3.45. The highest BCUT2D eigenvalue weighted by Crippen LogP contribution is 2.30. The Morgan fingerprint density at radius 2 is 1.91 bits per heavy atom. The molecule has 9 nitrogen and oxygen atoms in total. The number of fused-ring (bicyclic) bond motifs is 1. The van der Waals surface area contributed by atoms with E-state index < -0.39 is 5.97 Å². The van der Waals surface area contributed by atoms with Crippen molar-refractivity contribution in [1.29, 1.82) is 5.26 Å². The Kier molecular flexibility index (Phi) is 6.75. The van der Waals surface area contributed by atoms with Crippen LogP contribution in [0.3, 0.4) is 0 Å². The summed E-state index contributed by atoms with van der Waals surface area (Å²) < 4.78 is 0. The third-order valence-electron chi connectivity index (χ3n) is 5.49. The van der Waals surface area contributed by atoms with Crippen LogP contribution in [0.4, 0.5) is 11.5 Å². The SMILES string of the molecule is Cc1cc([C@@H](C)Nc2ccc(Cl)nc2C(=O)O)c2nc(NC(C)c3cccnc3)c(C#N)nc2c1. The van der Waals surface area contributed by atoms with Crippen molar-refractivity contribution in [1.82, 2.24) is 19.9 Å². The Balaban J connectivity index is 1.76. The van der Waals surface area contributed by atoms with E-state index in [0.717, 1.165) is 16.7 Å². The van der Waals surface area contributed by atoms with Crippen LogP contribution < -0.4 is 10.6 Å². The molecule has 0 saturated carbocycles. The van der Waals surface area contributed by atoms with Crippen LogP contribution in [0, 0.1) is 18.3 Å². The van der Waals surface area contributed by atoms with Crippen molar-refractivity contribution in [3.8, 4) is 6.07 Å². The van der Waals surface area contributed by atoms with E-state index in [0.29, 0.717) is 22.5 Å². The van der Waals surface area contributed by atoms with Crippen molar-refractivity contribution < 1.29 is 9.90 Å². The molecule has 1 aromatic carbocycles. The quantitative estimate of drug-likeness (QED) is 0.296. The van der Waals surface area contributed by atoms with Gasteiger partial charge in [0, 0.05) is 18.0 Å². The van der Waals surface area contributed by atoms with Gasteiger partial charge >= 0.3 is 5.97 Å². The zero-order valence-electron chi connectivity index (χ0n) is 19.2. The van der Waals surface area contributed by atoms with Crippen molar-refractivity contribution in [2.45, 2.75) is 32.9 Å². The Hall–Kier alpha value is -4.29. The zero-order valence-corrected chi connectivity index (χ0v) is 20.0. The van der Waals surface area contributed by atoms with Crippen molar-refractivity contribution in [3.63, 3.8) is 0 Å². The summed E-state index contributed by atoms with van der Waals surface area (Å²) in [5, 5.41) is 25.8. The lowest BCUT2D eigenvalue weighted by atomic mass is 10.0. The van der Waals surface area contributed by atoms with Gasteiger partial charge in [-0.25, -0.2) is 19.7 Å². The molecule has 0 aliphatic carbocycles. The molecule has 0 aliphatic rings. The second kappa shape index (κ2) is 9.91. The number of benzene rings is 1. The van der Waals surface area contributed by atoms with Crippen molar-refractivity contribution in [2.24, 2.45) is 0 Å². The van der Waals surface area contributed by atoms with E-state index in [1.807, 2.05) is 45.0 Å². The number of rotatable bonds is 7. The number of halogens is 1. The smallest absolute Gasteiger partial charge is 0.356 e. The Morgan fingerprint density at radius 1 is 1.11 bits per heavy atom. The molecule has 3 N–H and O–H groups in total. The van der Waals surface area contributed by atoms with Gasteiger partial charge < -0.3 is 15.7 Å². The number of hydrogen-bond acceptors (Lipinski definition) is 8. The average molecular weight is 488 g/mol. The van der Waals surface area contributed by atoms with Crippen LogP contribution in [0.2, 0.25) is 5.15 Å². The van der Waals surface area contributed by atoms with Crippen LogP contribution >= 0.6 is 11.6 Å². The van der Waals surface area contributed by atoms with E-state index in [2.05, 4.69) is 31.7 Å². The van der Waals surface area contributed by atoms with Gasteiger partial charge in [0.1, 0.15) is 11.2 Å². The zero-order chi connectivity index (χ0) is 25.1. The molecule has 176 valence electrons. The minimum Gasteiger partial charge on any atom is -0.476 e. The molecule has 0 radical (unpaired) electrons. The third kappa shape index (κ3) is 5.13. The van der Waals surface area contributed by atoms with Gasteiger partial charge in [-0.15, -0.1) is 0 Å². The first-order chi connectivity index (χ1) is 16.8. The van der Waals surface area contributed by atoms with Gasteiger partial charge in [-0.05, 0) is 56.2 Å². The number of hydrogen-bond donors (Lipinski definition) is 3. The van der Waals surface area contributed by atoms with Gasteiger partial charge in [0.05, 0.1) is 28.8 Å². The van der Waals surface area contributed by atoms with E-state index in [1.165, 1.54) is 6.07 Å². The first kappa shape index (κ1) is 23.9. The number of carbonyl (C=O) groups is 1. The summed E-state index contributed by atoms with van der Waals surface area (Å²) in [4.78, 5) is 29.1. The number of nitrogens with zero attached hydrogens (tertiary/aromatic N) is 5. The molecule has 0 saturated heterocycles. The summed E-state index contributed by atoms with van der Waals surface area (Å²) in [5.41, 5.74) is 4.15. The Morgan fingerprint density at radius 3 is 2.60 bits per heavy atom. The van der Waals surface area contributed by atoms with E-state index in [4.69, 9.17) is 16.6 Å². The van der Waals surface area contributed by atoms with Crippen LogP contribution in [0.1, 0.15) is 58.8 Å². The van der Waals surface area contributed by atoms with E-state index in [1.54, 1.807) is 18.5 Å². The molecule has 10 heteroatoms. The normalized spacial score (nSPS) is 12.5. The number of pyridine rings is 2. The average Bonchev–Trinajstić information content (AvgIpc) is 2.84. The minimum atomic E-state index is -1.19. The van der Waals surface area contributed by atoms with Crippen molar-refractivity contribution >= 4 is 40.1 Å². The number of nitrogens with one attached hydrogen (secondary N) is 2. The highest BCUT2D eigenvalue weighted by atomic mass is 35.5. The molecule has 4 rings (SSSR count). The van der Waals surface area contributed by atoms with Gasteiger partial charge in [0.25, 0.3) is 0 Å². The fourth-order valence-electron chi connectivity index (χ4n) is 3.79. The van der Waals surface area contributed by atoms with E-state index in [9.17, 15) is 15.2 Å². The first-order valence-corrected chi connectivity index (χ1v) is 11.2. The molecule has 3 heterocycles. The highest BCUT2D eigenvalue weighted by Gasteiger charge is 2.20. The number of anilines is 2. The Labute approximate surface area is 206 Å². The van der Waals surface area contributed by atoms with Gasteiger partial charge in [-0.1, -0.05) is 23.7 Å². The molecule has 4 aromatic rings. The molecule has 2 atom stereocenters. The summed E-state index contributed by atoms with van der Waals surface area (Å²) in [7, 11) is 0. The second-order valence-electron chi connectivity index (χ2n) is 8.11. The lowest BCUT2D eigenvalue weighted by molar-refractivity contribution is 0.0691. The molecule has 0 bridgehead atoms. The molecule has 3 aromatic heterocycles. The molecule has 0 fully saturated rings. The van der Waals surface area contributed by atoms with E-state index in [-0.39, 0.29) is 28.6 Å². The number of carboxylic acid groups (broad SMARTS) is 1. The van der Waals surface area contributed by atoms with Crippen LogP contribution in [0.15, 0.2) is 48.8 Å². The maximum atomic E-state index is 11.7. The lowest BCUT2D eigenvalue weighted by Crippen LogP contribution is -2.14. The summed E-state index contributed by atoms with van der Waals surface area (Å²) in [6.45, 7) is 5.76. The molecular weight excluding hydrogens is 466 g/mol. The maximum Gasteiger partial charge on any atom is 0.356 e. The monoisotopic (exact) mass is 487 g/mol. The fraction of sp³-hybridized carbons (Fsp3) is 0.200. The van der Waals surface area contributed by atoms with Gasteiger partial charge in [-0.3, -0.25) is 4.98 Å². The molecule has 35 heavy (non-hydrogen) atoms. The van der Waals surface area contributed by atoms with Crippen LogP contribution in [-0.2, 0) is 0 Å². The Bertz CT molecular complexity index is 1450. The largest absolute Gasteiger partial charge is 0.476 e.